The first-order chi connectivity index (χ1) is 15.2. The van der Waals surface area contributed by atoms with Crippen LogP contribution < -0.4 is 0 Å². The molecule has 0 aliphatic carbocycles. The van der Waals surface area contributed by atoms with Crippen molar-refractivity contribution in [1.29, 1.82) is 0 Å². The molecule has 31 heavy (non-hydrogen) atoms. The van der Waals surface area contributed by atoms with Crippen molar-refractivity contribution in [3.8, 4) is 0 Å². The van der Waals surface area contributed by atoms with Gasteiger partial charge in [-0.2, -0.15) is 0 Å². The minimum atomic E-state index is 0.137. The Morgan fingerprint density at radius 2 is 1.32 bits per heavy atom. The van der Waals surface area contributed by atoms with Gasteiger partial charge in [-0.3, -0.25) is 9.98 Å². The van der Waals surface area contributed by atoms with E-state index in [2.05, 4.69) is 118 Å². The highest BCUT2D eigenvalue weighted by Gasteiger charge is 2.17. The van der Waals surface area contributed by atoms with Gasteiger partial charge in [-0.25, -0.2) is 0 Å². The van der Waals surface area contributed by atoms with Crippen LogP contribution in [0.15, 0.2) is 107 Å². The summed E-state index contributed by atoms with van der Waals surface area (Å²) < 4.78 is 0. The molecule has 0 fully saturated rings. The van der Waals surface area contributed by atoms with Crippen molar-refractivity contribution in [1.82, 2.24) is 0 Å². The minimum Gasteiger partial charge on any atom is -0.291 e. The van der Waals surface area contributed by atoms with Gasteiger partial charge in [-0.1, -0.05) is 104 Å². The molecular weight excluding hydrogens is 376 g/mol. The van der Waals surface area contributed by atoms with E-state index in [1.165, 1.54) is 16.7 Å². The predicted octanol–water partition coefficient (Wildman–Crippen LogP) is 7.23. The molecule has 0 saturated heterocycles. The molecule has 0 aliphatic heterocycles. The van der Waals surface area contributed by atoms with Crippen LogP contribution in [0, 0.1) is 0 Å². The average Bonchev–Trinajstić information content (AvgIpc) is 2.82. The van der Waals surface area contributed by atoms with Crippen molar-refractivity contribution < 1.29 is 0 Å². The van der Waals surface area contributed by atoms with E-state index in [1.54, 1.807) is 0 Å². The van der Waals surface area contributed by atoms with Gasteiger partial charge >= 0.3 is 0 Å². The van der Waals surface area contributed by atoms with Gasteiger partial charge in [0.2, 0.25) is 0 Å². The molecule has 0 bridgehead atoms. The Kier molecular flexibility index (Phi) is 8.54. The number of allylic oxidation sites excluding steroid dienone is 1. The number of benzene rings is 3. The van der Waals surface area contributed by atoms with Crippen LogP contribution in [0.4, 0.5) is 0 Å². The number of aliphatic imine (C=N–C) groups is 2. The van der Waals surface area contributed by atoms with Gasteiger partial charge in [0.25, 0.3) is 0 Å². The van der Waals surface area contributed by atoms with E-state index < -0.39 is 0 Å². The first-order valence-corrected chi connectivity index (χ1v) is 11.1. The molecule has 0 aromatic heterocycles. The minimum absolute atomic E-state index is 0.137. The Morgan fingerprint density at radius 3 is 1.84 bits per heavy atom. The fraction of sp³-hybridized carbons (Fsp3) is 0.241. The molecule has 2 heteroatoms. The highest BCUT2D eigenvalue weighted by molar-refractivity contribution is 5.98. The predicted molar refractivity (Wildman–Crippen MR) is 135 cm³/mol. The van der Waals surface area contributed by atoms with Crippen molar-refractivity contribution in [3.05, 3.63) is 114 Å². The summed E-state index contributed by atoms with van der Waals surface area (Å²) in [6.07, 6.45) is 5.16. The van der Waals surface area contributed by atoms with Crippen LogP contribution in [0.2, 0.25) is 0 Å². The lowest BCUT2D eigenvalue weighted by Crippen LogP contribution is -2.14. The maximum atomic E-state index is 4.97. The van der Waals surface area contributed by atoms with Crippen LogP contribution in [0.1, 0.15) is 49.8 Å². The molecule has 158 valence electrons. The van der Waals surface area contributed by atoms with Crippen molar-refractivity contribution in [2.24, 2.45) is 9.98 Å². The Morgan fingerprint density at radius 1 is 0.806 bits per heavy atom. The molecule has 0 N–H and O–H groups in total. The van der Waals surface area contributed by atoms with Crippen LogP contribution in [0.5, 0.6) is 0 Å². The van der Waals surface area contributed by atoms with E-state index in [9.17, 15) is 0 Å². The van der Waals surface area contributed by atoms with Crippen LogP contribution in [-0.4, -0.2) is 24.0 Å². The molecule has 0 aliphatic rings. The zero-order valence-corrected chi connectivity index (χ0v) is 18.8. The molecule has 2 nitrogen and oxygen atoms in total. The van der Waals surface area contributed by atoms with Gasteiger partial charge in [0.05, 0.1) is 12.6 Å². The lowest BCUT2D eigenvalue weighted by Gasteiger charge is -2.19. The molecule has 0 heterocycles. The van der Waals surface area contributed by atoms with Crippen LogP contribution in [-0.2, 0) is 0 Å². The topological polar surface area (TPSA) is 24.7 Å². The third kappa shape index (κ3) is 6.89. The van der Waals surface area contributed by atoms with E-state index in [1.807, 2.05) is 6.07 Å². The monoisotopic (exact) mass is 408 g/mol. The summed E-state index contributed by atoms with van der Waals surface area (Å²) in [5.74, 6) is 0.169. The van der Waals surface area contributed by atoms with Crippen LogP contribution in [0.3, 0.4) is 0 Å². The summed E-state index contributed by atoms with van der Waals surface area (Å²) in [4.78, 5) is 9.88. The second kappa shape index (κ2) is 11.8. The molecule has 3 rings (SSSR count). The lowest BCUT2D eigenvalue weighted by atomic mass is 9.88. The van der Waals surface area contributed by atoms with Gasteiger partial charge in [0.15, 0.2) is 0 Å². The Balaban J connectivity index is 1.74. The number of rotatable bonds is 9. The maximum Gasteiger partial charge on any atom is 0.0669 e. The van der Waals surface area contributed by atoms with E-state index in [-0.39, 0.29) is 12.0 Å². The van der Waals surface area contributed by atoms with E-state index in [4.69, 9.17) is 9.98 Å². The first kappa shape index (κ1) is 22.4. The Hall–Kier alpha value is -3.26. The quantitative estimate of drug-likeness (QED) is 0.334. The second-order valence-corrected chi connectivity index (χ2v) is 7.80. The first-order valence-electron chi connectivity index (χ1n) is 11.1. The van der Waals surface area contributed by atoms with Gasteiger partial charge in [-0.15, -0.1) is 0 Å². The van der Waals surface area contributed by atoms with Gasteiger partial charge in [-0.05, 0) is 43.0 Å². The second-order valence-electron chi connectivity index (χ2n) is 7.80. The highest BCUT2D eigenvalue weighted by Crippen LogP contribution is 2.26. The van der Waals surface area contributed by atoms with Crippen LogP contribution >= 0.6 is 0 Å². The summed E-state index contributed by atoms with van der Waals surface area (Å²) in [7, 11) is 0. The van der Waals surface area contributed by atoms with Crippen molar-refractivity contribution in [3.63, 3.8) is 0 Å². The zero-order chi connectivity index (χ0) is 21.9. The smallest absolute Gasteiger partial charge is 0.0669 e. The lowest BCUT2D eigenvalue weighted by molar-refractivity contribution is 0.750. The standard InChI is InChI=1S/C29H32N2/c1-4-28(21-20-25-14-8-5-9-15-25)31-23(2)22-30-24(3)29(26-16-10-6-11-17-26)27-18-12-7-13-19-27/h5-21,23,29H,4,22H2,1-3H3/b21-20+,30-24?,31-28?. The van der Waals surface area contributed by atoms with E-state index >= 15 is 0 Å². The molecular formula is C29H32N2. The Bertz CT molecular complexity index is 963. The van der Waals surface area contributed by atoms with E-state index in [0.717, 1.165) is 17.8 Å². The van der Waals surface area contributed by atoms with Crippen LogP contribution in [0.25, 0.3) is 6.08 Å². The van der Waals surface area contributed by atoms with Gasteiger partial charge < -0.3 is 0 Å². The highest BCUT2D eigenvalue weighted by atomic mass is 14.9. The molecule has 1 atom stereocenters. The molecule has 3 aromatic rings. The number of nitrogens with zero attached hydrogens (tertiary/aromatic N) is 2. The molecule has 1 unspecified atom stereocenters. The third-order valence-electron chi connectivity index (χ3n) is 5.30. The fourth-order valence-electron chi connectivity index (χ4n) is 3.67. The van der Waals surface area contributed by atoms with Crippen molar-refractivity contribution in [2.75, 3.05) is 6.54 Å². The number of hydrogen-bond acceptors (Lipinski definition) is 2. The fourth-order valence-corrected chi connectivity index (χ4v) is 3.67. The Labute approximate surface area is 187 Å². The summed E-state index contributed by atoms with van der Waals surface area (Å²) in [5, 5.41) is 0. The zero-order valence-electron chi connectivity index (χ0n) is 18.8. The molecule has 0 radical (unpaired) electrons. The maximum absolute atomic E-state index is 4.97. The molecule has 0 spiro atoms. The molecule has 3 aromatic carbocycles. The number of hydrogen-bond donors (Lipinski definition) is 0. The summed E-state index contributed by atoms with van der Waals surface area (Å²) in [5.41, 5.74) is 5.96. The SMILES string of the molecule is CCC(/C=C/c1ccccc1)=NC(C)CN=C(C)C(c1ccccc1)c1ccccc1. The van der Waals surface area contributed by atoms with Gasteiger partial charge in [0.1, 0.15) is 0 Å². The third-order valence-corrected chi connectivity index (χ3v) is 5.30. The molecule has 0 amide bonds. The summed E-state index contributed by atoms with van der Waals surface area (Å²) in [6.45, 7) is 7.11. The normalized spacial score (nSPS) is 13.7. The van der Waals surface area contributed by atoms with E-state index in [0.29, 0.717) is 6.54 Å². The summed E-state index contributed by atoms with van der Waals surface area (Å²) >= 11 is 0. The van der Waals surface area contributed by atoms with Crippen molar-refractivity contribution >= 4 is 17.5 Å². The largest absolute Gasteiger partial charge is 0.291 e. The average molecular weight is 409 g/mol. The summed E-state index contributed by atoms with van der Waals surface area (Å²) in [6, 6.07) is 31.7. The molecule has 0 saturated carbocycles. The van der Waals surface area contributed by atoms with Gasteiger partial charge in [0, 0.05) is 17.3 Å². The van der Waals surface area contributed by atoms with Crippen molar-refractivity contribution in [2.45, 2.75) is 39.2 Å².